The Hall–Kier alpha value is -1.00. The van der Waals surface area contributed by atoms with E-state index in [2.05, 4.69) is 37.9 Å². The molecule has 1 atom stereocenters. The van der Waals surface area contributed by atoms with E-state index in [1.165, 1.54) is 12.1 Å². The van der Waals surface area contributed by atoms with Crippen LogP contribution < -0.4 is 5.32 Å². The fraction of sp³-hybridized carbons (Fsp3) is 0.625. The van der Waals surface area contributed by atoms with Gasteiger partial charge < -0.3 is 5.32 Å². The fourth-order valence-corrected chi connectivity index (χ4v) is 2.63. The topological polar surface area (TPSA) is 15.3 Å². The lowest BCUT2D eigenvalue weighted by Crippen LogP contribution is -2.62. The number of benzene rings is 1. The molecule has 0 aromatic heterocycles. The Morgan fingerprint density at radius 2 is 2.00 bits per heavy atom. The van der Waals surface area contributed by atoms with Gasteiger partial charge in [-0.2, -0.15) is 0 Å². The predicted octanol–water partition coefficient (Wildman–Crippen LogP) is 3.17. The molecule has 1 aromatic rings. The van der Waals surface area contributed by atoms with Gasteiger partial charge in [-0.15, -0.1) is 0 Å². The molecule has 0 aliphatic carbocycles. The molecule has 2 nitrogen and oxygen atoms in total. The SMILES string of the molecule is CC(C)C1CN(Cc2ccc(F)c(F)c2)C(C)(C)CN1. The molecule has 112 valence electrons. The van der Waals surface area contributed by atoms with Crippen LogP contribution in [0.2, 0.25) is 0 Å². The van der Waals surface area contributed by atoms with Crippen molar-refractivity contribution in [1.82, 2.24) is 10.2 Å². The molecule has 20 heavy (non-hydrogen) atoms. The molecule has 1 unspecified atom stereocenters. The lowest BCUT2D eigenvalue weighted by atomic mass is 9.92. The summed E-state index contributed by atoms with van der Waals surface area (Å²) in [6.07, 6.45) is 0. The lowest BCUT2D eigenvalue weighted by molar-refractivity contribution is 0.0474. The summed E-state index contributed by atoms with van der Waals surface area (Å²) in [5, 5.41) is 3.57. The first-order chi connectivity index (χ1) is 9.29. The molecule has 1 aliphatic heterocycles. The highest BCUT2D eigenvalue weighted by Gasteiger charge is 2.34. The Balaban J connectivity index is 2.13. The quantitative estimate of drug-likeness (QED) is 0.916. The van der Waals surface area contributed by atoms with Gasteiger partial charge in [-0.1, -0.05) is 19.9 Å². The van der Waals surface area contributed by atoms with Crippen LogP contribution in [0.1, 0.15) is 33.3 Å². The average Bonchev–Trinajstić information content (AvgIpc) is 2.36. The highest BCUT2D eigenvalue weighted by Crippen LogP contribution is 2.24. The number of hydrogen-bond acceptors (Lipinski definition) is 2. The fourth-order valence-electron chi connectivity index (χ4n) is 2.63. The van der Waals surface area contributed by atoms with Gasteiger partial charge in [0.2, 0.25) is 0 Å². The van der Waals surface area contributed by atoms with Gasteiger partial charge in [-0.05, 0) is 37.5 Å². The average molecular weight is 282 g/mol. The van der Waals surface area contributed by atoms with E-state index in [-0.39, 0.29) is 5.54 Å². The molecule has 0 bridgehead atoms. The second kappa shape index (κ2) is 5.78. The standard InChI is InChI=1S/C16H24F2N2/c1-11(2)15-9-20(16(3,4)10-19-15)8-12-5-6-13(17)14(18)7-12/h5-7,11,15,19H,8-10H2,1-4H3. The van der Waals surface area contributed by atoms with E-state index in [0.717, 1.165) is 18.7 Å². The molecule has 1 aromatic carbocycles. The third-order valence-corrected chi connectivity index (χ3v) is 4.23. The summed E-state index contributed by atoms with van der Waals surface area (Å²) >= 11 is 0. The molecule has 0 saturated carbocycles. The monoisotopic (exact) mass is 282 g/mol. The van der Waals surface area contributed by atoms with Gasteiger partial charge >= 0.3 is 0 Å². The van der Waals surface area contributed by atoms with Crippen molar-refractivity contribution < 1.29 is 8.78 Å². The molecular weight excluding hydrogens is 258 g/mol. The molecule has 0 spiro atoms. The Morgan fingerprint density at radius 3 is 2.60 bits per heavy atom. The second-order valence-electron chi connectivity index (χ2n) is 6.67. The summed E-state index contributed by atoms with van der Waals surface area (Å²) in [5.74, 6) is -0.997. The molecule has 4 heteroatoms. The number of halogens is 2. The van der Waals surface area contributed by atoms with Gasteiger partial charge in [0.05, 0.1) is 0 Å². The van der Waals surface area contributed by atoms with Crippen LogP contribution in [0, 0.1) is 17.6 Å². The lowest BCUT2D eigenvalue weighted by Gasteiger charge is -2.47. The minimum atomic E-state index is -0.784. The van der Waals surface area contributed by atoms with Crippen LogP contribution in [0.4, 0.5) is 8.78 Å². The first-order valence-electron chi connectivity index (χ1n) is 7.22. The zero-order valence-electron chi connectivity index (χ0n) is 12.7. The highest BCUT2D eigenvalue weighted by molar-refractivity contribution is 5.18. The van der Waals surface area contributed by atoms with Crippen LogP contribution in [0.5, 0.6) is 0 Å². The van der Waals surface area contributed by atoms with Gasteiger partial charge in [-0.3, -0.25) is 4.90 Å². The molecular formula is C16H24F2N2. The molecule has 0 radical (unpaired) electrons. The van der Waals surface area contributed by atoms with Crippen molar-refractivity contribution in [3.05, 3.63) is 35.4 Å². The van der Waals surface area contributed by atoms with E-state index < -0.39 is 11.6 Å². The summed E-state index contributed by atoms with van der Waals surface area (Å²) in [6.45, 7) is 11.2. The molecule has 2 rings (SSSR count). The van der Waals surface area contributed by atoms with Crippen molar-refractivity contribution in [3.63, 3.8) is 0 Å². The summed E-state index contributed by atoms with van der Waals surface area (Å²) < 4.78 is 26.3. The molecule has 0 amide bonds. The summed E-state index contributed by atoms with van der Waals surface area (Å²) in [4.78, 5) is 2.35. The zero-order valence-corrected chi connectivity index (χ0v) is 12.7. The third-order valence-electron chi connectivity index (χ3n) is 4.23. The van der Waals surface area contributed by atoms with Crippen molar-refractivity contribution in [2.24, 2.45) is 5.92 Å². The Bertz CT molecular complexity index is 472. The number of hydrogen-bond donors (Lipinski definition) is 1. The number of rotatable bonds is 3. The Kier molecular flexibility index (Phi) is 4.45. The van der Waals surface area contributed by atoms with E-state index >= 15 is 0 Å². The van der Waals surface area contributed by atoms with E-state index in [4.69, 9.17) is 0 Å². The van der Waals surface area contributed by atoms with Crippen molar-refractivity contribution >= 4 is 0 Å². The molecule has 1 N–H and O–H groups in total. The molecule has 1 aliphatic rings. The Morgan fingerprint density at radius 1 is 1.30 bits per heavy atom. The highest BCUT2D eigenvalue weighted by atomic mass is 19.2. The first kappa shape index (κ1) is 15.4. The zero-order chi connectivity index (χ0) is 14.9. The van der Waals surface area contributed by atoms with Crippen molar-refractivity contribution in [3.8, 4) is 0 Å². The maximum Gasteiger partial charge on any atom is 0.159 e. The van der Waals surface area contributed by atoms with Crippen molar-refractivity contribution in [2.45, 2.75) is 45.8 Å². The van der Waals surface area contributed by atoms with Crippen LogP contribution in [-0.2, 0) is 6.54 Å². The maximum atomic E-state index is 13.3. The summed E-state index contributed by atoms with van der Waals surface area (Å²) in [5.41, 5.74) is 0.831. The van der Waals surface area contributed by atoms with E-state index in [9.17, 15) is 8.78 Å². The smallest absolute Gasteiger partial charge is 0.159 e. The normalized spacial score (nSPS) is 23.2. The second-order valence-corrected chi connectivity index (χ2v) is 6.67. The number of nitrogens with one attached hydrogen (secondary N) is 1. The molecule has 1 fully saturated rings. The number of piperazine rings is 1. The maximum absolute atomic E-state index is 13.3. The minimum Gasteiger partial charge on any atom is -0.311 e. The van der Waals surface area contributed by atoms with E-state index in [1.54, 1.807) is 6.07 Å². The van der Waals surface area contributed by atoms with Gasteiger partial charge in [0.25, 0.3) is 0 Å². The van der Waals surface area contributed by atoms with Gasteiger partial charge in [-0.25, -0.2) is 8.78 Å². The van der Waals surface area contributed by atoms with Gasteiger partial charge in [0.1, 0.15) is 0 Å². The minimum absolute atomic E-state index is 0.0102. The number of nitrogens with zero attached hydrogens (tertiary/aromatic N) is 1. The van der Waals surface area contributed by atoms with E-state index in [0.29, 0.717) is 18.5 Å². The summed E-state index contributed by atoms with van der Waals surface area (Å²) in [6, 6.07) is 4.62. The molecule has 1 heterocycles. The van der Waals surface area contributed by atoms with Crippen molar-refractivity contribution in [2.75, 3.05) is 13.1 Å². The largest absolute Gasteiger partial charge is 0.311 e. The third kappa shape index (κ3) is 3.36. The van der Waals surface area contributed by atoms with Crippen LogP contribution in [0.25, 0.3) is 0 Å². The van der Waals surface area contributed by atoms with Gasteiger partial charge in [0.15, 0.2) is 11.6 Å². The van der Waals surface area contributed by atoms with Crippen LogP contribution in [0.3, 0.4) is 0 Å². The first-order valence-corrected chi connectivity index (χ1v) is 7.22. The van der Waals surface area contributed by atoms with Gasteiger partial charge in [0, 0.05) is 31.2 Å². The Labute approximate surface area is 120 Å². The summed E-state index contributed by atoms with van der Waals surface area (Å²) in [7, 11) is 0. The van der Waals surface area contributed by atoms with Crippen LogP contribution in [-0.4, -0.2) is 29.6 Å². The van der Waals surface area contributed by atoms with Crippen LogP contribution in [0.15, 0.2) is 18.2 Å². The predicted molar refractivity (Wildman–Crippen MR) is 77.5 cm³/mol. The molecule has 1 saturated heterocycles. The van der Waals surface area contributed by atoms with Crippen molar-refractivity contribution in [1.29, 1.82) is 0 Å². The van der Waals surface area contributed by atoms with Crippen LogP contribution >= 0.6 is 0 Å². The van der Waals surface area contributed by atoms with E-state index in [1.807, 2.05) is 0 Å².